The molecule has 4 saturated carbocycles. The molecule has 2 unspecified atom stereocenters. The van der Waals surface area contributed by atoms with E-state index in [1.165, 1.54) is 38.5 Å². The summed E-state index contributed by atoms with van der Waals surface area (Å²) in [5, 5.41) is 0. The predicted octanol–water partition coefficient (Wildman–Crippen LogP) is 5.38. The molecule has 0 amide bonds. The number of Topliss-reactive ketones (excluding diaryl/α,β-unsaturated/α-hetero) is 1. The average molecular weight is 276 g/mol. The zero-order chi connectivity index (χ0) is 14.8. The van der Waals surface area contributed by atoms with Crippen molar-refractivity contribution in [3.8, 4) is 0 Å². The lowest BCUT2D eigenvalue weighted by Crippen LogP contribution is -2.57. The molecule has 4 aliphatic carbocycles. The Hall–Kier alpha value is -0.330. The first-order chi connectivity index (χ1) is 9.03. The molecule has 0 heterocycles. The summed E-state index contributed by atoms with van der Waals surface area (Å²) in [6.45, 7) is 11.7. The molecule has 2 atom stereocenters. The van der Waals surface area contributed by atoms with Gasteiger partial charge in [0.1, 0.15) is 5.78 Å². The van der Waals surface area contributed by atoms with Gasteiger partial charge >= 0.3 is 0 Å². The quantitative estimate of drug-likeness (QED) is 0.676. The molecular weight excluding hydrogens is 244 g/mol. The first-order valence-corrected chi connectivity index (χ1v) is 8.57. The second-order valence-corrected chi connectivity index (χ2v) is 10.4. The smallest absolute Gasteiger partial charge is 0.139 e. The lowest BCUT2D eigenvalue weighted by molar-refractivity contribution is -0.168. The fourth-order valence-electron chi connectivity index (χ4n) is 6.51. The topological polar surface area (TPSA) is 17.1 Å². The highest BCUT2D eigenvalue weighted by molar-refractivity contribution is 5.85. The maximum absolute atomic E-state index is 13.0. The summed E-state index contributed by atoms with van der Waals surface area (Å²) < 4.78 is 0. The van der Waals surface area contributed by atoms with Crippen LogP contribution in [-0.2, 0) is 4.79 Å². The van der Waals surface area contributed by atoms with Gasteiger partial charge in [-0.3, -0.25) is 4.79 Å². The van der Waals surface area contributed by atoms with Gasteiger partial charge in [-0.2, -0.15) is 0 Å². The number of ketones is 1. The predicted molar refractivity (Wildman–Crippen MR) is 83.5 cm³/mol. The molecule has 0 N–H and O–H groups in total. The lowest BCUT2D eigenvalue weighted by atomic mass is 9.39. The van der Waals surface area contributed by atoms with Crippen molar-refractivity contribution in [1.82, 2.24) is 0 Å². The van der Waals surface area contributed by atoms with Crippen LogP contribution < -0.4 is 0 Å². The molecule has 0 saturated heterocycles. The third kappa shape index (κ3) is 2.46. The van der Waals surface area contributed by atoms with Crippen molar-refractivity contribution in [3.05, 3.63) is 0 Å². The van der Waals surface area contributed by atoms with Crippen LogP contribution in [0.3, 0.4) is 0 Å². The molecule has 20 heavy (non-hydrogen) atoms. The van der Waals surface area contributed by atoms with Crippen molar-refractivity contribution in [3.63, 3.8) is 0 Å². The second kappa shape index (κ2) is 4.11. The second-order valence-electron chi connectivity index (χ2n) is 10.4. The van der Waals surface area contributed by atoms with Crippen LogP contribution in [0.1, 0.15) is 86.0 Å². The molecule has 0 aromatic heterocycles. The average Bonchev–Trinajstić information content (AvgIpc) is 2.19. The minimum absolute atomic E-state index is 0.0637. The van der Waals surface area contributed by atoms with E-state index in [1.807, 2.05) is 0 Å². The molecule has 0 spiro atoms. The van der Waals surface area contributed by atoms with E-state index >= 15 is 0 Å². The fourth-order valence-corrected chi connectivity index (χ4v) is 6.51. The van der Waals surface area contributed by atoms with Crippen LogP contribution in [0.5, 0.6) is 0 Å². The molecule has 1 nitrogen and oxygen atoms in total. The van der Waals surface area contributed by atoms with E-state index in [4.69, 9.17) is 0 Å². The number of rotatable bonds is 3. The van der Waals surface area contributed by atoms with Crippen molar-refractivity contribution >= 4 is 5.78 Å². The van der Waals surface area contributed by atoms with E-state index in [0.717, 1.165) is 18.8 Å². The molecule has 4 fully saturated rings. The third-order valence-electron chi connectivity index (χ3n) is 6.32. The maximum Gasteiger partial charge on any atom is 0.139 e. The highest BCUT2D eigenvalue weighted by Gasteiger charge is 2.62. The number of carbonyl (C=O) groups is 1. The van der Waals surface area contributed by atoms with Crippen LogP contribution in [0.15, 0.2) is 0 Å². The van der Waals surface area contributed by atoms with Crippen LogP contribution in [0.2, 0.25) is 0 Å². The molecule has 1 heteroatoms. The monoisotopic (exact) mass is 276 g/mol. The van der Waals surface area contributed by atoms with Gasteiger partial charge in [-0.15, -0.1) is 0 Å². The van der Waals surface area contributed by atoms with Gasteiger partial charge in [-0.05, 0) is 67.1 Å². The van der Waals surface area contributed by atoms with Crippen molar-refractivity contribution < 1.29 is 4.79 Å². The van der Waals surface area contributed by atoms with E-state index in [1.54, 1.807) is 0 Å². The van der Waals surface area contributed by atoms with Crippen LogP contribution in [0.4, 0.5) is 0 Å². The van der Waals surface area contributed by atoms with Crippen LogP contribution in [0.25, 0.3) is 0 Å². The van der Waals surface area contributed by atoms with E-state index < -0.39 is 0 Å². The Morgan fingerprint density at radius 3 is 2.00 bits per heavy atom. The largest absolute Gasteiger partial charge is 0.299 e. The Balaban J connectivity index is 1.80. The summed E-state index contributed by atoms with van der Waals surface area (Å²) in [5.74, 6) is 1.44. The van der Waals surface area contributed by atoms with Crippen molar-refractivity contribution in [2.45, 2.75) is 86.0 Å². The van der Waals surface area contributed by atoms with E-state index in [2.05, 4.69) is 34.6 Å². The summed E-state index contributed by atoms with van der Waals surface area (Å²) in [7, 11) is 0. The van der Waals surface area contributed by atoms with E-state index in [0.29, 0.717) is 16.6 Å². The SMILES string of the molecule is CC(C)(C)CCC(=O)C12CC3CC(C)(CC(C)(C3)C1)C2. The standard InChI is InChI=1S/C19H32O/c1-16(2,3)7-6-15(20)19-10-14-8-17(4,12-19)11-18(5,9-14)13-19/h14H,6-13H2,1-5H3. The van der Waals surface area contributed by atoms with Crippen LogP contribution in [-0.4, -0.2) is 5.78 Å². The highest BCUT2D eigenvalue weighted by Crippen LogP contribution is 2.70. The Kier molecular flexibility index (Phi) is 3.00. The van der Waals surface area contributed by atoms with Gasteiger partial charge in [-0.1, -0.05) is 34.6 Å². The summed E-state index contributed by atoms with van der Waals surface area (Å²) in [6, 6.07) is 0. The highest BCUT2D eigenvalue weighted by atomic mass is 16.1. The van der Waals surface area contributed by atoms with E-state index in [9.17, 15) is 4.79 Å². The summed E-state index contributed by atoms with van der Waals surface area (Å²) in [6.07, 6.45) is 9.58. The summed E-state index contributed by atoms with van der Waals surface area (Å²) in [4.78, 5) is 13.0. The van der Waals surface area contributed by atoms with Gasteiger partial charge in [0.15, 0.2) is 0 Å². The van der Waals surface area contributed by atoms with Gasteiger partial charge < -0.3 is 0 Å². The number of hydrogen-bond donors (Lipinski definition) is 0. The Morgan fingerprint density at radius 2 is 1.55 bits per heavy atom. The Bertz CT molecular complexity index is 410. The molecule has 4 rings (SSSR count). The summed E-state index contributed by atoms with van der Waals surface area (Å²) >= 11 is 0. The minimum Gasteiger partial charge on any atom is -0.299 e. The zero-order valence-corrected chi connectivity index (χ0v) is 14.1. The van der Waals surface area contributed by atoms with Gasteiger partial charge in [0.25, 0.3) is 0 Å². The van der Waals surface area contributed by atoms with Gasteiger partial charge in [0, 0.05) is 11.8 Å². The number of carbonyl (C=O) groups excluding carboxylic acids is 1. The Morgan fingerprint density at radius 1 is 1.00 bits per heavy atom. The van der Waals surface area contributed by atoms with Gasteiger partial charge in [-0.25, -0.2) is 0 Å². The van der Waals surface area contributed by atoms with Crippen LogP contribution >= 0.6 is 0 Å². The molecule has 114 valence electrons. The molecule has 0 aromatic rings. The normalized spacial score (nSPS) is 46.8. The maximum atomic E-state index is 13.0. The van der Waals surface area contributed by atoms with Crippen molar-refractivity contribution in [2.24, 2.45) is 27.6 Å². The zero-order valence-electron chi connectivity index (χ0n) is 14.1. The van der Waals surface area contributed by atoms with Crippen LogP contribution in [0, 0.1) is 27.6 Å². The fraction of sp³-hybridized carbons (Fsp3) is 0.947. The van der Waals surface area contributed by atoms with Crippen molar-refractivity contribution in [1.29, 1.82) is 0 Å². The van der Waals surface area contributed by atoms with E-state index in [-0.39, 0.29) is 10.8 Å². The first-order valence-electron chi connectivity index (χ1n) is 8.57. The van der Waals surface area contributed by atoms with Crippen molar-refractivity contribution in [2.75, 3.05) is 0 Å². The molecule has 0 aromatic carbocycles. The van der Waals surface area contributed by atoms with Gasteiger partial charge in [0.2, 0.25) is 0 Å². The van der Waals surface area contributed by atoms with Gasteiger partial charge in [0.05, 0.1) is 0 Å². The first kappa shape index (κ1) is 14.6. The minimum atomic E-state index is 0.0637. The Labute approximate surface area is 124 Å². The molecular formula is C19H32O. The molecule has 0 radical (unpaired) electrons. The molecule has 0 aliphatic heterocycles. The number of hydrogen-bond acceptors (Lipinski definition) is 1. The summed E-state index contributed by atoms with van der Waals surface area (Å²) in [5.41, 5.74) is 1.27. The lowest BCUT2D eigenvalue weighted by Gasteiger charge is -2.65. The molecule has 4 bridgehead atoms. The molecule has 4 aliphatic rings. The third-order valence-corrected chi connectivity index (χ3v) is 6.32.